The first kappa shape index (κ1) is 10.5. The van der Waals surface area contributed by atoms with Crippen LogP contribution in [0, 0.1) is 5.82 Å². The molecule has 72 valence electrons. The van der Waals surface area contributed by atoms with Gasteiger partial charge in [-0.05, 0) is 35.0 Å². The predicted octanol–water partition coefficient (Wildman–Crippen LogP) is 2.62. The van der Waals surface area contributed by atoms with Gasteiger partial charge in [-0.2, -0.15) is 0 Å². The van der Waals surface area contributed by atoms with Gasteiger partial charge in [-0.1, -0.05) is 0 Å². The second kappa shape index (κ2) is 4.07. The second-order valence-electron chi connectivity index (χ2n) is 2.76. The number of benzene rings is 1. The Balaban J connectivity index is 3.35. The zero-order valence-electron chi connectivity index (χ0n) is 7.47. The van der Waals surface area contributed by atoms with Crippen LogP contribution in [-0.4, -0.2) is 7.11 Å². The van der Waals surface area contributed by atoms with Crippen LogP contribution in [0.25, 0.3) is 0 Å². The monoisotopic (exact) mass is 247 g/mol. The third kappa shape index (κ3) is 2.00. The maximum atomic E-state index is 13.3. The standard InChI is InChI=1S/C9H11BrFNO/c1-5(12)8-7(11)4-3-6(10)9(8)13-2/h3-5H,12H2,1-2H3. The molecule has 0 bridgehead atoms. The molecule has 2 N–H and O–H groups in total. The van der Waals surface area contributed by atoms with Gasteiger partial charge in [-0.15, -0.1) is 0 Å². The summed E-state index contributed by atoms with van der Waals surface area (Å²) >= 11 is 3.26. The molecular formula is C9H11BrFNO. The Labute approximate surface area is 85.0 Å². The van der Waals surface area contributed by atoms with E-state index in [0.29, 0.717) is 15.8 Å². The van der Waals surface area contributed by atoms with Gasteiger partial charge >= 0.3 is 0 Å². The Kier molecular flexibility index (Phi) is 3.27. The van der Waals surface area contributed by atoms with Crippen LogP contribution < -0.4 is 10.5 Å². The first-order valence-corrected chi connectivity index (χ1v) is 4.64. The number of hydrogen-bond donors (Lipinski definition) is 1. The van der Waals surface area contributed by atoms with Crippen molar-refractivity contribution in [1.29, 1.82) is 0 Å². The van der Waals surface area contributed by atoms with Gasteiger partial charge in [0.05, 0.1) is 11.6 Å². The lowest BCUT2D eigenvalue weighted by Crippen LogP contribution is -2.09. The fourth-order valence-corrected chi connectivity index (χ4v) is 1.69. The number of hydrogen-bond acceptors (Lipinski definition) is 2. The van der Waals surface area contributed by atoms with Gasteiger partial charge in [0.2, 0.25) is 0 Å². The molecule has 0 aromatic heterocycles. The van der Waals surface area contributed by atoms with E-state index in [4.69, 9.17) is 10.5 Å². The fourth-order valence-electron chi connectivity index (χ4n) is 1.18. The summed E-state index contributed by atoms with van der Waals surface area (Å²) in [4.78, 5) is 0. The molecule has 4 heteroatoms. The largest absolute Gasteiger partial charge is 0.495 e. The highest BCUT2D eigenvalue weighted by Crippen LogP contribution is 2.33. The quantitative estimate of drug-likeness (QED) is 0.873. The molecule has 2 nitrogen and oxygen atoms in total. The maximum Gasteiger partial charge on any atom is 0.140 e. The van der Waals surface area contributed by atoms with Gasteiger partial charge in [-0.3, -0.25) is 0 Å². The van der Waals surface area contributed by atoms with Crippen molar-refractivity contribution in [2.45, 2.75) is 13.0 Å². The summed E-state index contributed by atoms with van der Waals surface area (Å²) in [7, 11) is 1.49. The average Bonchev–Trinajstić information content (AvgIpc) is 2.07. The van der Waals surface area contributed by atoms with E-state index < -0.39 is 0 Å². The number of halogens is 2. The molecule has 1 rings (SSSR count). The van der Waals surface area contributed by atoms with Crippen molar-refractivity contribution < 1.29 is 9.13 Å². The molecule has 1 atom stereocenters. The van der Waals surface area contributed by atoms with Crippen LogP contribution in [0.15, 0.2) is 16.6 Å². The molecule has 1 unspecified atom stereocenters. The zero-order valence-corrected chi connectivity index (χ0v) is 9.06. The fraction of sp³-hybridized carbons (Fsp3) is 0.333. The molecule has 0 saturated carbocycles. The van der Waals surface area contributed by atoms with Gasteiger partial charge < -0.3 is 10.5 Å². The summed E-state index contributed by atoms with van der Waals surface area (Å²) < 4.78 is 19.1. The smallest absolute Gasteiger partial charge is 0.140 e. The molecule has 0 aliphatic carbocycles. The topological polar surface area (TPSA) is 35.2 Å². The summed E-state index contributed by atoms with van der Waals surface area (Å²) in [5.74, 6) is 0.130. The minimum Gasteiger partial charge on any atom is -0.495 e. The van der Waals surface area contributed by atoms with Crippen molar-refractivity contribution in [3.63, 3.8) is 0 Å². The van der Waals surface area contributed by atoms with E-state index in [1.807, 2.05) is 0 Å². The summed E-state index contributed by atoms with van der Waals surface area (Å²) in [5.41, 5.74) is 6.02. The van der Waals surface area contributed by atoms with E-state index in [9.17, 15) is 4.39 Å². The van der Waals surface area contributed by atoms with E-state index in [1.54, 1.807) is 13.0 Å². The summed E-state index contributed by atoms with van der Waals surface area (Å²) in [6, 6.07) is 2.58. The van der Waals surface area contributed by atoms with E-state index >= 15 is 0 Å². The molecule has 0 saturated heterocycles. The van der Waals surface area contributed by atoms with Crippen LogP contribution in [0.4, 0.5) is 4.39 Å². The van der Waals surface area contributed by atoms with Gasteiger partial charge in [0.15, 0.2) is 0 Å². The van der Waals surface area contributed by atoms with Crippen LogP contribution >= 0.6 is 15.9 Å². The van der Waals surface area contributed by atoms with Crippen LogP contribution in [0.3, 0.4) is 0 Å². The molecule has 0 radical (unpaired) electrons. The second-order valence-corrected chi connectivity index (χ2v) is 3.62. The molecule has 0 amide bonds. The highest BCUT2D eigenvalue weighted by atomic mass is 79.9. The SMILES string of the molecule is COc1c(Br)ccc(F)c1C(C)N. The lowest BCUT2D eigenvalue weighted by molar-refractivity contribution is 0.398. The Morgan fingerprint density at radius 3 is 2.54 bits per heavy atom. The van der Waals surface area contributed by atoms with Crippen molar-refractivity contribution >= 4 is 15.9 Å². The number of nitrogens with two attached hydrogens (primary N) is 1. The predicted molar refractivity (Wildman–Crippen MR) is 53.3 cm³/mol. The molecule has 1 aromatic rings. The molecule has 0 heterocycles. The highest BCUT2D eigenvalue weighted by Gasteiger charge is 2.15. The summed E-state index contributed by atoms with van der Waals surface area (Å²) in [5, 5.41) is 0. The number of ether oxygens (including phenoxy) is 1. The van der Waals surface area contributed by atoms with Crippen molar-refractivity contribution in [1.82, 2.24) is 0 Å². The van der Waals surface area contributed by atoms with Gasteiger partial charge in [0, 0.05) is 11.6 Å². The number of rotatable bonds is 2. The van der Waals surface area contributed by atoms with Crippen LogP contribution in [0.2, 0.25) is 0 Å². The first-order valence-electron chi connectivity index (χ1n) is 3.85. The first-order chi connectivity index (χ1) is 6.07. The molecular weight excluding hydrogens is 237 g/mol. The van der Waals surface area contributed by atoms with Crippen LogP contribution in [0.5, 0.6) is 5.75 Å². The van der Waals surface area contributed by atoms with Crippen LogP contribution in [0.1, 0.15) is 18.5 Å². The summed E-state index contributed by atoms with van der Waals surface area (Å²) in [6.45, 7) is 1.72. The minimum absolute atomic E-state index is 0.338. The Hall–Kier alpha value is -0.610. The Bertz CT molecular complexity index is 315. The Morgan fingerprint density at radius 1 is 1.54 bits per heavy atom. The van der Waals surface area contributed by atoms with Crippen molar-refractivity contribution in [2.75, 3.05) is 7.11 Å². The van der Waals surface area contributed by atoms with Crippen molar-refractivity contribution in [3.05, 3.63) is 28.0 Å². The molecule has 13 heavy (non-hydrogen) atoms. The van der Waals surface area contributed by atoms with Gasteiger partial charge in [0.1, 0.15) is 11.6 Å². The van der Waals surface area contributed by atoms with Crippen molar-refractivity contribution in [2.24, 2.45) is 5.73 Å². The molecule has 0 spiro atoms. The third-order valence-corrected chi connectivity index (χ3v) is 2.38. The third-order valence-electron chi connectivity index (χ3n) is 1.75. The maximum absolute atomic E-state index is 13.3. The molecule has 0 aliphatic heterocycles. The lowest BCUT2D eigenvalue weighted by Gasteiger charge is -2.13. The minimum atomic E-state index is -0.382. The average molecular weight is 248 g/mol. The van der Waals surface area contributed by atoms with Gasteiger partial charge in [-0.25, -0.2) is 4.39 Å². The highest BCUT2D eigenvalue weighted by molar-refractivity contribution is 9.10. The van der Waals surface area contributed by atoms with Gasteiger partial charge in [0.25, 0.3) is 0 Å². The van der Waals surface area contributed by atoms with Crippen molar-refractivity contribution in [3.8, 4) is 5.75 Å². The van der Waals surface area contributed by atoms with E-state index in [2.05, 4.69) is 15.9 Å². The lowest BCUT2D eigenvalue weighted by atomic mass is 10.1. The molecule has 0 aliphatic rings. The number of methoxy groups -OCH3 is 1. The zero-order chi connectivity index (χ0) is 10.0. The van der Waals surface area contributed by atoms with E-state index in [1.165, 1.54) is 13.2 Å². The normalized spacial score (nSPS) is 12.7. The summed E-state index contributed by atoms with van der Waals surface area (Å²) in [6.07, 6.45) is 0. The molecule has 1 aromatic carbocycles. The van der Waals surface area contributed by atoms with E-state index in [-0.39, 0.29) is 11.9 Å². The van der Waals surface area contributed by atoms with Crippen LogP contribution in [-0.2, 0) is 0 Å². The molecule has 0 fully saturated rings. The van der Waals surface area contributed by atoms with E-state index in [0.717, 1.165) is 0 Å². The Morgan fingerprint density at radius 2 is 2.15 bits per heavy atom.